The van der Waals surface area contributed by atoms with Crippen LogP contribution in [0.4, 0.5) is 4.79 Å². The van der Waals surface area contributed by atoms with Gasteiger partial charge in [-0.1, -0.05) is 42.5 Å². The van der Waals surface area contributed by atoms with Crippen LogP contribution in [0.5, 0.6) is 5.75 Å². The van der Waals surface area contributed by atoms with E-state index in [0.29, 0.717) is 11.3 Å². The number of hydrogen-bond donors (Lipinski definition) is 0. The van der Waals surface area contributed by atoms with E-state index in [1.807, 2.05) is 42.1 Å². The average molecular weight is 352 g/mol. The zero-order chi connectivity index (χ0) is 17.6. The number of carbonyl (C=O) groups excluding carboxylic acids is 1. The second-order valence-electron chi connectivity index (χ2n) is 5.82. The van der Waals surface area contributed by atoms with Crippen LogP contribution in [0.25, 0.3) is 10.9 Å². The van der Waals surface area contributed by atoms with Crippen molar-refractivity contribution in [1.82, 2.24) is 9.88 Å². The number of hydrogen-bond acceptors (Lipinski definition) is 4. The highest BCUT2D eigenvalue weighted by atomic mass is 32.2. The second kappa shape index (κ2) is 8.03. The molecule has 0 saturated carbocycles. The lowest BCUT2D eigenvalue weighted by Gasteiger charge is -2.14. The minimum Gasteiger partial charge on any atom is -0.408 e. The van der Waals surface area contributed by atoms with Crippen molar-refractivity contribution in [1.29, 1.82) is 0 Å². The third-order valence-electron chi connectivity index (χ3n) is 3.76. The SMILES string of the molecule is CN(C)C(=O)Oc1ccc(CSC2=CC=CC=CC2)c2cccnc12. The van der Waals surface area contributed by atoms with Gasteiger partial charge in [0.05, 0.1) is 0 Å². The maximum absolute atomic E-state index is 11.9. The van der Waals surface area contributed by atoms with Gasteiger partial charge >= 0.3 is 6.09 Å². The Balaban J connectivity index is 1.85. The molecule has 1 aromatic heterocycles. The molecule has 4 nitrogen and oxygen atoms in total. The molecule has 0 fully saturated rings. The van der Waals surface area contributed by atoms with Gasteiger partial charge in [0.2, 0.25) is 0 Å². The molecule has 25 heavy (non-hydrogen) atoms. The van der Waals surface area contributed by atoms with Crippen LogP contribution in [0.3, 0.4) is 0 Å². The molecule has 1 heterocycles. The van der Waals surface area contributed by atoms with Crippen LogP contribution in [-0.4, -0.2) is 30.1 Å². The van der Waals surface area contributed by atoms with Crippen LogP contribution in [-0.2, 0) is 5.75 Å². The Morgan fingerprint density at radius 1 is 1.24 bits per heavy atom. The molecule has 1 aliphatic rings. The second-order valence-corrected chi connectivity index (χ2v) is 6.93. The molecule has 0 aliphatic heterocycles. The summed E-state index contributed by atoms with van der Waals surface area (Å²) in [7, 11) is 3.32. The normalized spacial score (nSPS) is 13.4. The highest BCUT2D eigenvalue weighted by Gasteiger charge is 2.13. The molecule has 0 saturated heterocycles. The van der Waals surface area contributed by atoms with Crippen molar-refractivity contribution in [3.8, 4) is 5.75 Å². The molecular weight excluding hydrogens is 332 g/mol. The summed E-state index contributed by atoms with van der Waals surface area (Å²) in [5.74, 6) is 1.33. The van der Waals surface area contributed by atoms with Gasteiger partial charge in [-0.3, -0.25) is 4.98 Å². The number of ether oxygens (including phenoxy) is 1. The maximum atomic E-state index is 11.9. The van der Waals surface area contributed by atoms with Crippen LogP contribution in [0.1, 0.15) is 12.0 Å². The average Bonchev–Trinajstić information content (AvgIpc) is 2.89. The van der Waals surface area contributed by atoms with E-state index >= 15 is 0 Å². The first-order chi connectivity index (χ1) is 12.1. The van der Waals surface area contributed by atoms with Crippen molar-refractivity contribution in [2.45, 2.75) is 12.2 Å². The van der Waals surface area contributed by atoms with Crippen molar-refractivity contribution >= 4 is 28.8 Å². The third kappa shape index (κ3) is 4.31. The first kappa shape index (κ1) is 17.3. The van der Waals surface area contributed by atoms with Crippen LogP contribution in [0.2, 0.25) is 0 Å². The van der Waals surface area contributed by atoms with E-state index in [-0.39, 0.29) is 0 Å². The maximum Gasteiger partial charge on any atom is 0.414 e. The molecule has 128 valence electrons. The van der Waals surface area contributed by atoms with Crippen LogP contribution >= 0.6 is 11.8 Å². The lowest BCUT2D eigenvalue weighted by atomic mass is 10.1. The summed E-state index contributed by atoms with van der Waals surface area (Å²) in [5, 5.41) is 1.01. The minimum absolute atomic E-state index is 0.406. The first-order valence-electron chi connectivity index (χ1n) is 8.06. The van der Waals surface area contributed by atoms with Crippen LogP contribution < -0.4 is 4.74 Å². The Hall–Kier alpha value is -2.53. The third-order valence-corrected chi connectivity index (χ3v) is 4.89. The lowest BCUT2D eigenvalue weighted by molar-refractivity contribution is 0.172. The molecular formula is C20H20N2O2S. The van der Waals surface area contributed by atoms with E-state index in [1.54, 1.807) is 20.3 Å². The van der Waals surface area contributed by atoms with Crippen LogP contribution in [0, 0.1) is 0 Å². The first-order valence-corrected chi connectivity index (χ1v) is 9.04. The number of benzene rings is 1. The smallest absolute Gasteiger partial charge is 0.408 e. The molecule has 1 aromatic carbocycles. The standard InChI is InChI=1S/C20H20N2O2S/c1-22(2)20(23)24-18-12-11-15(17-10-7-13-21-19(17)18)14-25-16-8-5-3-4-6-9-16/h3-8,10-13H,9,14H2,1-2H3. The van der Waals surface area contributed by atoms with Crippen molar-refractivity contribution in [3.05, 3.63) is 71.3 Å². The number of carbonyl (C=O) groups is 1. The fraction of sp³-hybridized carbons (Fsp3) is 0.200. The Morgan fingerprint density at radius 2 is 2.12 bits per heavy atom. The number of allylic oxidation sites excluding steroid dienone is 6. The highest BCUT2D eigenvalue weighted by molar-refractivity contribution is 8.02. The highest BCUT2D eigenvalue weighted by Crippen LogP contribution is 2.32. The zero-order valence-corrected chi connectivity index (χ0v) is 15.1. The molecule has 2 aromatic rings. The monoisotopic (exact) mass is 352 g/mol. The predicted molar refractivity (Wildman–Crippen MR) is 104 cm³/mol. The van der Waals surface area contributed by atoms with Crippen molar-refractivity contribution in [3.63, 3.8) is 0 Å². The number of amides is 1. The Bertz CT molecular complexity index is 869. The molecule has 1 aliphatic carbocycles. The number of fused-ring (bicyclic) bond motifs is 1. The van der Waals surface area contributed by atoms with Crippen molar-refractivity contribution in [2.24, 2.45) is 0 Å². The molecule has 1 amide bonds. The molecule has 0 atom stereocenters. The minimum atomic E-state index is -0.406. The van der Waals surface area contributed by atoms with Gasteiger partial charge < -0.3 is 9.64 Å². The lowest BCUT2D eigenvalue weighted by Crippen LogP contribution is -2.25. The van der Waals surface area contributed by atoms with E-state index in [0.717, 1.165) is 17.6 Å². The summed E-state index contributed by atoms with van der Waals surface area (Å²) in [6.07, 6.45) is 12.7. The van der Waals surface area contributed by atoms with Gasteiger partial charge in [-0.15, -0.1) is 11.8 Å². The Labute approximate surface area is 151 Å². The number of pyridine rings is 1. The topological polar surface area (TPSA) is 42.4 Å². The summed E-state index contributed by atoms with van der Waals surface area (Å²) in [5.41, 5.74) is 1.89. The van der Waals surface area contributed by atoms with Gasteiger partial charge in [0, 0.05) is 31.4 Å². The molecule has 3 rings (SSSR count). The van der Waals surface area contributed by atoms with Crippen molar-refractivity contribution < 1.29 is 9.53 Å². The van der Waals surface area contributed by atoms with Gasteiger partial charge in [-0.05, 0) is 29.0 Å². The predicted octanol–water partition coefficient (Wildman–Crippen LogP) is 4.93. The summed E-state index contributed by atoms with van der Waals surface area (Å²) in [6.45, 7) is 0. The zero-order valence-electron chi connectivity index (χ0n) is 14.3. The van der Waals surface area contributed by atoms with Gasteiger partial charge in [0.1, 0.15) is 5.52 Å². The summed E-state index contributed by atoms with van der Waals surface area (Å²) in [4.78, 5) is 19.0. The van der Waals surface area contributed by atoms with E-state index in [4.69, 9.17) is 4.74 Å². The van der Waals surface area contributed by atoms with Gasteiger partial charge in [0.25, 0.3) is 0 Å². The van der Waals surface area contributed by atoms with Crippen LogP contribution in [0.15, 0.2) is 65.7 Å². The number of thioether (sulfide) groups is 1. The molecule has 0 N–H and O–H groups in total. The Morgan fingerprint density at radius 3 is 2.96 bits per heavy atom. The Kier molecular flexibility index (Phi) is 5.56. The van der Waals surface area contributed by atoms with Gasteiger partial charge in [0.15, 0.2) is 5.75 Å². The van der Waals surface area contributed by atoms with Gasteiger partial charge in [-0.2, -0.15) is 0 Å². The molecule has 0 bridgehead atoms. The van der Waals surface area contributed by atoms with E-state index < -0.39 is 6.09 Å². The molecule has 0 unspecified atom stereocenters. The summed E-state index contributed by atoms with van der Waals surface area (Å²) < 4.78 is 5.44. The van der Waals surface area contributed by atoms with E-state index in [9.17, 15) is 4.79 Å². The largest absolute Gasteiger partial charge is 0.414 e. The quantitative estimate of drug-likeness (QED) is 0.782. The number of rotatable bonds is 4. The summed E-state index contributed by atoms with van der Waals surface area (Å²) in [6, 6.07) is 7.77. The van der Waals surface area contributed by atoms with Crippen molar-refractivity contribution in [2.75, 3.05) is 14.1 Å². The fourth-order valence-electron chi connectivity index (χ4n) is 2.43. The summed E-state index contributed by atoms with van der Waals surface area (Å²) >= 11 is 1.82. The molecule has 0 radical (unpaired) electrons. The number of nitrogens with zero attached hydrogens (tertiary/aromatic N) is 2. The van der Waals surface area contributed by atoms with E-state index in [2.05, 4.69) is 29.3 Å². The molecule has 0 spiro atoms. The fourth-order valence-corrected chi connectivity index (χ4v) is 3.42. The van der Waals surface area contributed by atoms with E-state index in [1.165, 1.54) is 15.4 Å². The van der Waals surface area contributed by atoms with Gasteiger partial charge in [-0.25, -0.2) is 4.79 Å². The number of aromatic nitrogens is 1. The molecule has 5 heteroatoms.